The minimum absolute atomic E-state index is 0.0598. The first-order chi connectivity index (χ1) is 12.1. The molecule has 4 nitrogen and oxygen atoms in total. The fourth-order valence-electron chi connectivity index (χ4n) is 3.54. The number of nitrogens with one attached hydrogen (secondary N) is 1. The maximum Gasteiger partial charge on any atom is 0.272 e. The first-order valence-corrected chi connectivity index (χ1v) is 9.19. The lowest BCUT2D eigenvalue weighted by Gasteiger charge is -2.35. The number of rotatable bonds is 4. The van der Waals surface area contributed by atoms with Crippen LogP contribution >= 0.6 is 0 Å². The maximum atomic E-state index is 12.8. The standard InChI is InChI=1S/C21H27N3O/c1-4-18-7-5-6-12-24(18)21(25)20-11-9-17(14-22-20)23-19-10-8-15(2)13-16(19)3/h8-11,13-14,18,23H,4-7,12H2,1-3H3. The van der Waals surface area contributed by atoms with Gasteiger partial charge in [-0.15, -0.1) is 0 Å². The number of anilines is 2. The quantitative estimate of drug-likeness (QED) is 0.867. The number of hydrogen-bond acceptors (Lipinski definition) is 3. The van der Waals surface area contributed by atoms with Crippen LogP contribution in [0.25, 0.3) is 0 Å². The van der Waals surface area contributed by atoms with E-state index in [4.69, 9.17) is 0 Å². The molecule has 1 N–H and O–H groups in total. The molecule has 0 radical (unpaired) electrons. The fraction of sp³-hybridized carbons (Fsp3) is 0.429. The Bertz CT molecular complexity index is 739. The number of amides is 1. The zero-order valence-electron chi connectivity index (χ0n) is 15.4. The molecule has 1 atom stereocenters. The molecular formula is C21H27N3O. The average Bonchev–Trinajstić information content (AvgIpc) is 2.64. The first kappa shape index (κ1) is 17.5. The Balaban J connectivity index is 1.72. The van der Waals surface area contributed by atoms with Gasteiger partial charge in [-0.1, -0.05) is 24.6 Å². The number of carbonyl (C=O) groups is 1. The largest absolute Gasteiger partial charge is 0.354 e. The van der Waals surface area contributed by atoms with Gasteiger partial charge in [0.2, 0.25) is 0 Å². The fourth-order valence-corrected chi connectivity index (χ4v) is 3.54. The molecule has 2 heterocycles. The van der Waals surface area contributed by atoms with Gasteiger partial charge in [-0.2, -0.15) is 0 Å². The molecule has 0 spiro atoms. The van der Waals surface area contributed by atoms with E-state index in [0.717, 1.165) is 37.2 Å². The number of aromatic nitrogens is 1. The van der Waals surface area contributed by atoms with Gasteiger partial charge in [0.1, 0.15) is 5.69 Å². The van der Waals surface area contributed by atoms with Gasteiger partial charge in [-0.25, -0.2) is 4.98 Å². The van der Waals surface area contributed by atoms with Crippen LogP contribution < -0.4 is 5.32 Å². The molecule has 1 unspecified atom stereocenters. The second-order valence-electron chi connectivity index (χ2n) is 6.93. The molecule has 1 amide bonds. The number of likely N-dealkylation sites (tertiary alicyclic amines) is 1. The zero-order valence-corrected chi connectivity index (χ0v) is 15.4. The molecule has 25 heavy (non-hydrogen) atoms. The minimum Gasteiger partial charge on any atom is -0.354 e. The third-order valence-corrected chi connectivity index (χ3v) is 5.00. The summed E-state index contributed by atoms with van der Waals surface area (Å²) in [5.41, 5.74) is 4.93. The molecule has 1 aliphatic rings. The molecule has 1 aromatic carbocycles. The molecule has 0 bridgehead atoms. The Labute approximate surface area is 150 Å². The molecule has 3 rings (SSSR count). The van der Waals surface area contributed by atoms with Crippen molar-refractivity contribution in [2.45, 2.75) is 52.5 Å². The summed E-state index contributed by atoms with van der Waals surface area (Å²) in [6.45, 7) is 7.17. The Morgan fingerprint density at radius 1 is 1.24 bits per heavy atom. The average molecular weight is 337 g/mol. The van der Waals surface area contributed by atoms with Crippen molar-refractivity contribution in [3.8, 4) is 0 Å². The predicted octanol–water partition coefficient (Wildman–Crippen LogP) is 4.85. The molecule has 1 fully saturated rings. The van der Waals surface area contributed by atoms with E-state index in [-0.39, 0.29) is 5.91 Å². The van der Waals surface area contributed by atoms with Crippen LogP contribution in [0.1, 0.15) is 54.2 Å². The van der Waals surface area contributed by atoms with Crippen LogP contribution in [-0.2, 0) is 0 Å². The van der Waals surface area contributed by atoms with Crippen molar-refractivity contribution >= 4 is 17.3 Å². The van der Waals surface area contributed by atoms with Gasteiger partial charge in [0.25, 0.3) is 5.91 Å². The van der Waals surface area contributed by atoms with E-state index in [0.29, 0.717) is 11.7 Å². The van der Waals surface area contributed by atoms with E-state index in [1.54, 1.807) is 6.20 Å². The Morgan fingerprint density at radius 3 is 2.76 bits per heavy atom. The normalized spacial score (nSPS) is 17.4. The van der Waals surface area contributed by atoms with Crippen molar-refractivity contribution in [3.05, 3.63) is 53.3 Å². The predicted molar refractivity (Wildman–Crippen MR) is 102 cm³/mol. The van der Waals surface area contributed by atoms with E-state index in [9.17, 15) is 4.79 Å². The Hall–Kier alpha value is -2.36. The highest BCUT2D eigenvalue weighted by atomic mass is 16.2. The SMILES string of the molecule is CCC1CCCCN1C(=O)c1ccc(Nc2ccc(C)cc2C)cn1. The summed E-state index contributed by atoms with van der Waals surface area (Å²) in [6.07, 6.45) is 6.17. The number of pyridine rings is 1. The second-order valence-corrected chi connectivity index (χ2v) is 6.93. The molecule has 2 aromatic rings. The second kappa shape index (κ2) is 7.68. The lowest BCUT2D eigenvalue weighted by molar-refractivity contribution is 0.0602. The van der Waals surface area contributed by atoms with Crippen molar-refractivity contribution in [3.63, 3.8) is 0 Å². The van der Waals surface area contributed by atoms with Crippen LogP contribution in [0.2, 0.25) is 0 Å². The third kappa shape index (κ3) is 4.01. The Kier molecular flexibility index (Phi) is 5.37. The number of benzene rings is 1. The molecular weight excluding hydrogens is 310 g/mol. The smallest absolute Gasteiger partial charge is 0.272 e. The topological polar surface area (TPSA) is 45.2 Å². The molecule has 132 valence electrons. The molecule has 0 saturated carbocycles. The van der Waals surface area contributed by atoms with E-state index in [1.807, 2.05) is 17.0 Å². The van der Waals surface area contributed by atoms with Crippen LogP contribution in [0.3, 0.4) is 0 Å². The van der Waals surface area contributed by atoms with Gasteiger partial charge in [0.15, 0.2) is 0 Å². The van der Waals surface area contributed by atoms with Gasteiger partial charge in [-0.3, -0.25) is 4.79 Å². The van der Waals surface area contributed by atoms with E-state index in [1.165, 1.54) is 17.5 Å². The van der Waals surface area contributed by atoms with Gasteiger partial charge >= 0.3 is 0 Å². The number of piperidine rings is 1. The highest BCUT2D eigenvalue weighted by Gasteiger charge is 2.26. The maximum absolute atomic E-state index is 12.8. The van der Waals surface area contributed by atoms with Crippen molar-refractivity contribution in [1.82, 2.24) is 9.88 Å². The van der Waals surface area contributed by atoms with Crippen LogP contribution in [0.4, 0.5) is 11.4 Å². The number of aryl methyl sites for hydroxylation is 2. The number of carbonyl (C=O) groups excluding carboxylic acids is 1. The van der Waals surface area contributed by atoms with Gasteiger partial charge < -0.3 is 10.2 Å². The highest BCUT2D eigenvalue weighted by Crippen LogP contribution is 2.23. The minimum atomic E-state index is 0.0598. The van der Waals surface area contributed by atoms with Crippen molar-refractivity contribution in [2.24, 2.45) is 0 Å². The summed E-state index contributed by atoms with van der Waals surface area (Å²) in [5, 5.41) is 3.38. The summed E-state index contributed by atoms with van der Waals surface area (Å²) in [6, 6.07) is 10.4. The summed E-state index contributed by atoms with van der Waals surface area (Å²) in [4.78, 5) is 19.2. The Morgan fingerprint density at radius 2 is 2.08 bits per heavy atom. The summed E-state index contributed by atoms with van der Waals surface area (Å²) in [7, 11) is 0. The number of hydrogen-bond donors (Lipinski definition) is 1. The molecule has 1 saturated heterocycles. The van der Waals surface area contributed by atoms with Crippen molar-refractivity contribution in [2.75, 3.05) is 11.9 Å². The summed E-state index contributed by atoms with van der Waals surface area (Å²) < 4.78 is 0. The molecule has 0 aliphatic carbocycles. The lowest BCUT2D eigenvalue weighted by Crippen LogP contribution is -2.43. The van der Waals surface area contributed by atoms with Crippen LogP contribution in [0, 0.1) is 13.8 Å². The number of nitrogens with zero attached hydrogens (tertiary/aromatic N) is 2. The summed E-state index contributed by atoms with van der Waals surface area (Å²) >= 11 is 0. The van der Waals surface area contributed by atoms with E-state index < -0.39 is 0 Å². The third-order valence-electron chi connectivity index (χ3n) is 5.00. The molecule has 4 heteroatoms. The van der Waals surface area contributed by atoms with Gasteiger partial charge in [0.05, 0.1) is 11.9 Å². The monoisotopic (exact) mass is 337 g/mol. The van der Waals surface area contributed by atoms with Gasteiger partial charge in [0, 0.05) is 18.3 Å². The van der Waals surface area contributed by atoms with Crippen molar-refractivity contribution in [1.29, 1.82) is 0 Å². The highest BCUT2D eigenvalue weighted by molar-refractivity contribution is 5.92. The lowest BCUT2D eigenvalue weighted by atomic mass is 9.99. The molecule has 1 aliphatic heterocycles. The van der Waals surface area contributed by atoms with Crippen LogP contribution in [0.15, 0.2) is 36.5 Å². The first-order valence-electron chi connectivity index (χ1n) is 9.19. The van der Waals surface area contributed by atoms with Crippen molar-refractivity contribution < 1.29 is 4.79 Å². The van der Waals surface area contributed by atoms with Crippen LogP contribution in [0.5, 0.6) is 0 Å². The van der Waals surface area contributed by atoms with Gasteiger partial charge in [-0.05, 0) is 63.3 Å². The van der Waals surface area contributed by atoms with E-state index in [2.05, 4.69) is 49.3 Å². The van der Waals surface area contributed by atoms with Crippen LogP contribution in [-0.4, -0.2) is 28.4 Å². The molecule has 1 aromatic heterocycles. The zero-order chi connectivity index (χ0) is 17.8. The summed E-state index contributed by atoms with van der Waals surface area (Å²) in [5.74, 6) is 0.0598. The van der Waals surface area contributed by atoms with E-state index >= 15 is 0 Å².